The summed E-state index contributed by atoms with van der Waals surface area (Å²) in [6.07, 6.45) is -3.92. The largest absolute Gasteiger partial charge is 0.487 e. The number of hydrogen-bond acceptors (Lipinski definition) is 21. The molecule has 0 spiro atoms. The molecule has 0 saturated carbocycles. The second kappa shape index (κ2) is 30.2. The predicted octanol–water partition coefficient (Wildman–Crippen LogP) is 6.13. The van der Waals surface area contributed by atoms with Crippen molar-refractivity contribution in [2.45, 2.75) is 44.9 Å². The molecular weight excluding hydrogens is 1110 g/mol. The summed E-state index contributed by atoms with van der Waals surface area (Å²) in [7, 11) is -2.94. The molecule has 76 heavy (non-hydrogen) atoms. The minimum atomic E-state index is -4.52. The van der Waals surface area contributed by atoms with Crippen LogP contribution in [0.2, 0.25) is 10.3 Å². The zero-order chi connectivity index (χ0) is 57.6. The predicted molar refractivity (Wildman–Crippen MR) is 268 cm³/mol. The summed E-state index contributed by atoms with van der Waals surface area (Å²) in [4.78, 5) is 85.4. The first kappa shape index (κ1) is 64.6. The molecule has 28 nitrogen and oxygen atoms in total. The topological polar surface area (TPSA) is 384 Å². The zero-order valence-electron chi connectivity index (χ0n) is 41.2. The summed E-state index contributed by atoms with van der Waals surface area (Å²) < 4.78 is 95.1. The lowest BCUT2D eigenvalue weighted by atomic mass is 10.2. The lowest BCUT2D eigenvalue weighted by molar-refractivity contribution is -0.385. The summed E-state index contributed by atoms with van der Waals surface area (Å²) in [5.41, 5.74) is -1.34. The number of hydrogen-bond donors (Lipinski definition) is 8. The van der Waals surface area contributed by atoms with Gasteiger partial charge in [0.2, 0.25) is 40.6 Å². The van der Waals surface area contributed by atoms with Crippen molar-refractivity contribution in [1.82, 2.24) is 44.8 Å². The van der Waals surface area contributed by atoms with Crippen LogP contribution in [0.15, 0.2) is 65.8 Å². The highest BCUT2D eigenvalue weighted by Gasteiger charge is 2.31. The van der Waals surface area contributed by atoms with Crippen molar-refractivity contribution in [3.8, 4) is 29.0 Å². The summed E-state index contributed by atoms with van der Waals surface area (Å²) in [5.74, 6) is -0.693. The average molecular weight is 1160 g/mol. The number of nitro benzene ring substituents is 1. The molecule has 0 bridgehead atoms. The van der Waals surface area contributed by atoms with E-state index in [9.17, 15) is 50.7 Å². The standard InChI is InChI=1S/C15H11ClF3NO4.C15H18N6O6S.C8H14ClN5.C3H8NO5P/c1-2-23-14-8-10(4-5-12(14)20(21)22)24-13-6-3-9(7-11(13)16)15(17,18)19;1-21(2)13(22)9-6-5-7-16-12(9)28(24,25)20-15(23)19-14-17-10(26-3)8-11(18-14)27-4;1-4-10-7-12-6(9)13-8(14-7)11-5(2)3;5-3(6)1-4-2-10(7,8)9/h3-8H,2H2,1H3;5-8H,1-4H3,(H2,17,18,19,20,23);5H,4H2,1-3H3,(H2,10,11,12,13,14);4H,1-2H2,(H,5,6)(H2,7,8,9). The normalized spacial score (nSPS) is 10.9. The first-order chi connectivity index (χ1) is 35.4. The Labute approximate surface area is 441 Å². The first-order valence-corrected chi connectivity index (χ1v) is 25.3. The molecule has 35 heteroatoms. The molecule has 8 N–H and O–H groups in total. The molecule has 0 fully saturated rings. The van der Waals surface area contributed by atoms with Crippen LogP contribution >= 0.6 is 30.8 Å². The number of benzene rings is 2. The lowest BCUT2D eigenvalue weighted by Gasteiger charge is -2.14. The maximum Gasteiger partial charge on any atom is 0.416 e. The maximum atomic E-state index is 12.6. The van der Waals surface area contributed by atoms with Crippen LogP contribution < -0.4 is 44.9 Å². The second-order valence-corrected chi connectivity index (χ2v) is 18.7. The molecule has 0 aliphatic rings. The van der Waals surface area contributed by atoms with Crippen molar-refractivity contribution in [3.05, 3.63) is 92.3 Å². The van der Waals surface area contributed by atoms with Crippen LogP contribution in [0.25, 0.3) is 0 Å². The van der Waals surface area contributed by atoms with Gasteiger partial charge >= 0.3 is 31.5 Å². The number of carbonyl (C=O) groups is 3. The van der Waals surface area contributed by atoms with Crippen LogP contribution in [-0.2, 0) is 25.6 Å². The van der Waals surface area contributed by atoms with Gasteiger partial charge in [-0.25, -0.2) is 14.5 Å². The number of sulfonamides is 1. The van der Waals surface area contributed by atoms with Crippen molar-refractivity contribution in [2.24, 2.45) is 0 Å². The summed E-state index contributed by atoms with van der Waals surface area (Å²) in [6.45, 7) is 8.14. The number of nitrogens with zero attached hydrogens (tertiary/aromatic N) is 8. The molecule has 0 aliphatic carbocycles. The van der Waals surface area contributed by atoms with E-state index in [0.29, 0.717) is 11.9 Å². The van der Waals surface area contributed by atoms with E-state index in [-0.39, 0.29) is 69.2 Å². The van der Waals surface area contributed by atoms with Crippen LogP contribution in [0.4, 0.5) is 41.5 Å². The number of alkyl halides is 3. The number of urea groups is 1. The minimum absolute atomic E-state index is 0.0111. The van der Waals surface area contributed by atoms with Crippen LogP contribution in [0, 0.1) is 10.1 Å². The fourth-order valence-electron chi connectivity index (χ4n) is 5.06. The SMILES string of the molecule is CCNc1nc(Cl)nc(NC(C)C)n1.CCOc1cc(Oc2ccc(C(F)(F)F)cc2Cl)ccc1[N+](=O)[O-].COc1cc(OC)nc(NC(=O)NS(=O)(=O)c2ncccc2C(=O)N(C)C)n1.O=C(O)CNCP(=O)(O)O. The van der Waals surface area contributed by atoms with Gasteiger partial charge in [0.15, 0.2) is 5.03 Å². The number of aromatic nitrogens is 6. The summed E-state index contributed by atoms with van der Waals surface area (Å²) in [5, 5.41) is 28.5. The van der Waals surface area contributed by atoms with Gasteiger partial charge in [-0.15, -0.1) is 0 Å². The number of pyridine rings is 1. The third-order valence-electron chi connectivity index (χ3n) is 8.08. The number of amides is 3. The molecule has 0 atom stereocenters. The monoisotopic (exact) mass is 1160 g/mol. The Balaban J connectivity index is 0.000000371. The molecule has 5 rings (SSSR count). The van der Waals surface area contributed by atoms with E-state index in [1.54, 1.807) is 11.6 Å². The Kier molecular flexibility index (Phi) is 25.7. The van der Waals surface area contributed by atoms with Gasteiger partial charge in [-0.3, -0.25) is 34.9 Å². The smallest absolute Gasteiger partial charge is 0.416 e. The van der Waals surface area contributed by atoms with Gasteiger partial charge < -0.3 is 49.4 Å². The molecule has 0 saturated heterocycles. The van der Waals surface area contributed by atoms with Gasteiger partial charge in [0, 0.05) is 45.0 Å². The van der Waals surface area contributed by atoms with Crippen molar-refractivity contribution in [2.75, 3.05) is 70.2 Å². The number of carbonyl (C=O) groups excluding carboxylic acids is 2. The first-order valence-electron chi connectivity index (χ1n) is 21.3. The molecule has 0 aliphatic heterocycles. The van der Waals surface area contributed by atoms with Crippen LogP contribution in [-0.4, -0.2) is 141 Å². The van der Waals surface area contributed by atoms with Crippen molar-refractivity contribution < 1.29 is 79.3 Å². The van der Waals surface area contributed by atoms with Crippen molar-refractivity contribution in [3.63, 3.8) is 0 Å². The highest BCUT2D eigenvalue weighted by atomic mass is 35.5. The van der Waals surface area contributed by atoms with Crippen LogP contribution in [0.5, 0.6) is 29.0 Å². The molecule has 3 heterocycles. The maximum absolute atomic E-state index is 12.6. The Morgan fingerprint density at radius 2 is 1.54 bits per heavy atom. The van der Waals surface area contributed by atoms with E-state index >= 15 is 0 Å². The minimum Gasteiger partial charge on any atom is -0.487 e. The van der Waals surface area contributed by atoms with E-state index in [2.05, 4.69) is 51.2 Å². The molecule has 2 aromatic carbocycles. The summed E-state index contributed by atoms with van der Waals surface area (Å²) >= 11 is 11.5. The quantitative estimate of drug-likeness (QED) is 0.0262. The lowest BCUT2D eigenvalue weighted by Crippen LogP contribution is -2.36. The van der Waals surface area contributed by atoms with E-state index in [4.69, 9.17) is 57.0 Å². The highest BCUT2D eigenvalue weighted by molar-refractivity contribution is 7.90. The molecule has 3 amide bonds. The number of nitro groups is 1. The number of carboxylic acid groups (broad SMARTS) is 1. The van der Waals surface area contributed by atoms with Gasteiger partial charge in [0.05, 0.1) is 60.8 Å². The van der Waals surface area contributed by atoms with Crippen molar-refractivity contribution in [1.29, 1.82) is 0 Å². The fourth-order valence-corrected chi connectivity index (χ4v) is 6.88. The van der Waals surface area contributed by atoms with Crippen LogP contribution in [0.3, 0.4) is 0 Å². The number of aliphatic carboxylic acids is 1. The second-order valence-electron chi connectivity index (χ2n) is 14.7. The van der Waals surface area contributed by atoms with E-state index in [1.165, 1.54) is 75.8 Å². The van der Waals surface area contributed by atoms with Gasteiger partial charge in [-0.1, -0.05) is 11.6 Å². The highest BCUT2D eigenvalue weighted by Crippen LogP contribution is 2.38. The molecule has 416 valence electrons. The van der Waals surface area contributed by atoms with E-state index in [1.807, 2.05) is 20.8 Å². The Morgan fingerprint density at radius 1 is 0.908 bits per heavy atom. The number of ether oxygens (including phenoxy) is 4. The Hall–Kier alpha value is -7.48. The Morgan fingerprint density at radius 3 is 2.05 bits per heavy atom. The van der Waals surface area contributed by atoms with E-state index in [0.717, 1.165) is 24.7 Å². The van der Waals surface area contributed by atoms with E-state index < -0.39 is 70.0 Å². The molecule has 0 unspecified atom stereocenters. The zero-order valence-corrected chi connectivity index (χ0v) is 44.5. The molecular formula is C41H51Cl2F3N13O15PS. The van der Waals surface area contributed by atoms with Crippen LogP contribution in [0.1, 0.15) is 43.6 Å². The third-order valence-corrected chi connectivity index (χ3v) is 10.5. The molecule has 5 aromatic rings. The van der Waals surface area contributed by atoms with Gasteiger partial charge in [0.1, 0.15) is 11.5 Å². The number of carboxylic acids is 1. The fraction of sp³-hybridized carbons (Fsp3) is 0.341. The molecule has 3 aromatic heterocycles. The molecule has 0 radical (unpaired) electrons. The number of halogens is 5. The van der Waals surface area contributed by atoms with Crippen molar-refractivity contribution >= 4 is 82.3 Å². The van der Waals surface area contributed by atoms with Gasteiger partial charge in [0.25, 0.3) is 15.9 Å². The number of rotatable bonds is 19. The number of methoxy groups -OCH3 is 2. The number of anilines is 3. The average Bonchev–Trinajstić information content (AvgIpc) is 3.31. The van der Waals surface area contributed by atoms with Gasteiger partial charge in [-0.05, 0) is 75.7 Å². The number of nitrogens with one attached hydrogen (secondary N) is 5. The Bertz CT molecular complexity index is 2930. The third kappa shape index (κ3) is 23.0. The van der Waals surface area contributed by atoms with Gasteiger partial charge in [-0.2, -0.15) is 46.5 Å². The summed E-state index contributed by atoms with van der Waals surface area (Å²) in [6, 6.07) is 9.57.